The molecule has 1 aliphatic heterocycles. The Kier molecular flexibility index (Phi) is 24.7. The molecule has 5 aromatic carbocycles. The van der Waals surface area contributed by atoms with E-state index in [1.54, 1.807) is 44.3 Å². The number of ether oxygens (including phenoxy) is 1. The molecule has 25 nitrogen and oxygen atoms in total. The smallest absolute Gasteiger partial charge is 0.407 e. The molecule has 25 heteroatoms. The summed E-state index contributed by atoms with van der Waals surface area (Å²) in [5.41, 5.74) is 15.2. The lowest BCUT2D eigenvalue weighted by Crippen LogP contribution is -2.62. The minimum absolute atomic E-state index is 0.0191. The van der Waals surface area contributed by atoms with E-state index < -0.39 is 126 Å². The summed E-state index contributed by atoms with van der Waals surface area (Å²) in [6.07, 6.45) is -1.63. The number of nitrogens with two attached hydrogens (primary N) is 2. The standard InChI is InChI=1S/C65H80N12O13/c1-37(2)55-64(88)73-51(61(85)77-56(38(3)78)57(67)81)28-30-68-54(80)27-26-50(71-58(82)47(66)32-41-20-23-42-15-7-8-16-43(42)31-41)59(83)74-52(33-39-21-24-45(79)25-22-39)62(86)75-53(34-44-35-70-48-18-10-9-17-46(44)48)63(87)72-49(60(84)76-55)19-11-12-29-69-65(89)90-36-40-13-5-4-6-14-40/h4-10,13-18,20-25,31,35,37-38,47,49-53,55-56,70,78-79H,11-12,19,26-30,32-34,36,66H2,1-3H3,(H2,67,81)(H,68,80)(H,69,89)(H,71,82)(H,72,87)(H,73,88)(H,74,83)(H,75,86)(H,76,84)(H,77,85)/t38-,47-,49+,50+,51+,52+,53-,55+,56+/m1/s1. The first kappa shape index (κ1) is 67.6. The van der Waals surface area contributed by atoms with Crippen LogP contribution in [0, 0.1) is 5.92 Å². The zero-order valence-electron chi connectivity index (χ0n) is 50.4. The first-order chi connectivity index (χ1) is 43.1. The van der Waals surface area contributed by atoms with Crippen molar-refractivity contribution in [2.45, 2.75) is 140 Å². The number of phenols is 1. The van der Waals surface area contributed by atoms with Crippen molar-refractivity contribution in [2.24, 2.45) is 17.4 Å². The van der Waals surface area contributed by atoms with Gasteiger partial charge in [-0.25, -0.2) is 4.79 Å². The predicted molar refractivity (Wildman–Crippen MR) is 334 cm³/mol. The Balaban J connectivity index is 1.23. The van der Waals surface area contributed by atoms with Gasteiger partial charge in [-0.15, -0.1) is 0 Å². The molecule has 6 aromatic rings. The number of phenolic OH excluding ortho intramolecular Hbond substituents is 1. The summed E-state index contributed by atoms with van der Waals surface area (Å²) < 4.78 is 5.34. The van der Waals surface area contributed by atoms with Crippen molar-refractivity contribution in [1.82, 2.24) is 52.8 Å². The highest BCUT2D eigenvalue weighted by Crippen LogP contribution is 2.21. The molecule has 9 atom stereocenters. The van der Waals surface area contributed by atoms with Crippen molar-refractivity contribution in [3.05, 3.63) is 150 Å². The molecule has 16 N–H and O–H groups in total. The summed E-state index contributed by atoms with van der Waals surface area (Å²) in [6.45, 7) is 4.25. The third-order valence-corrected chi connectivity index (χ3v) is 15.4. The number of aromatic amines is 1. The van der Waals surface area contributed by atoms with Crippen LogP contribution in [0.1, 0.15) is 81.5 Å². The van der Waals surface area contributed by atoms with E-state index in [0.29, 0.717) is 22.0 Å². The Morgan fingerprint density at radius 2 is 1.32 bits per heavy atom. The first-order valence-corrected chi connectivity index (χ1v) is 30.0. The number of rotatable bonds is 20. The Bertz CT molecular complexity index is 3490. The zero-order valence-corrected chi connectivity index (χ0v) is 50.4. The van der Waals surface area contributed by atoms with Gasteiger partial charge >= 0.3 is 6.09 Å². The normalized spacial score (nSPS) is 20.2. The second-order valence-electron chi connectivity index (χ2n) is 22.8. The number of aliphatic hydroxyl groups is 1. The van der Waals surface area contributed by atoms with Gasteiger partial charge in [0.05, 0.1) is 12.1 Å². The third-order valence-electron chi connectivity index (χ3n) is 15.4. The van der Waals surface area contributed by atoms with Crippen LogP contribution in [-0.2, 0) is 73.8 Å². The molecule has 478 valence electrons. The maximum Gasteiger partial charge on any atom is 0.407 e. The molecule has 10 amide bonds. The largest absolute Gasteiger partial charge is 0.508 e. The van der Waals surface area contributed by atoms with Crippen molar-refractivity contribution in [1.29, 1.82) is 0 Å². The van der Waals surface area contributed by atoms with E-state index in [1.807, 2.05) is 72.8 Å². The number of fused-ring (bicyclic) bond motifs is 2. The molecule has 1 aliphatic rings. The van der Waals surface area contributed by atoms with E-state index in [2.05, 4.69) is 52.8 Å². The second-order valence-corrected chi connectivity index (χ2v) is 22.8. The highest BCUT2D eigenvalue weighted by molar-refractivity contribution is 5.99. The molecular formula is C65H80N12O13. The molecule has 7 rings (SSSR count). The number of aliphatic hydroxyl groups excluding tert-OH is 1. The monoisotopic (exact) mass is 1240 g/mol. The average molecular weight is 1240 g/mol. The number of H-pyrrole nitrogens is 1. The fourth-order valence-corrected chi connectivity index (χ4v) is 10.3. The van der Waals surface area contributed by atoms with E-state index in [9.17, 15) is 48.6 Å². The molecule has 1 fully saturated rings. The highest BCUT2D eigenvalue weighted by atomic mass is 16.5. The highest BCUT2D eigenvalue weighted by Gasteiger charge is 2.36. The zero-order chi connectivity index (χ0) is 64.9. The summed E-state index contributed by atoms with van der Waals surface area (Å²) in [6, 6.07) is 23.5. The molecule has 90 heavy (non-hydrogen) atoms. The van der Waals surface area contributed by atoms with E-state index in [0.717, 1.165) is 21.9 Å². The minimum atomic E-state index is -1.61. The van der Waals surface area contributed by atoms with Gasteiger partial charge in [-0.05, 0) is 103 Å². The molecule has 1 aromatic heterocycles. The second kappa shape index (κ2) is 32.9. The lowest BCUT2D eigenvalue weighted by Gasteiger charge is -2.29. The molecular weight excluding hydrogens is 1160 g/mol. The van der Waals surface area contributed by atoms with Crippen LogP contribution in [0.4, 0.5) is 4.79 Å². The Morgan fingerprint density at radius 3 is 2.03 bits per heavy atom. The SMILES string of the molecule is CC(C)[C@@H]1NC(=O)[C@H](CCCCNC(=O)OCc2ccccc2)NC(=O)[C@@H](Cc2c[nH]c3ccccc23)NC(=O)[C@H](Cc2ccc(O)cc2)NC(=O)[C@@H](NC(=O)[C@H](N)Cc2ccc3ccccc3c2)CCC(=O)NCC[C@@H](C(=O)N[C@H](C(N)=O)[C@@H](C)O)NC1=O. The average Bonchev–Trinajstić information content (AvgIpc) is 1.94. The maximum atomic E-state index is 15.1. The van der Waals surface area contributed by atoms with E-state index in [-0.39, 0.29) is 76.8 Å². The van der Waals surface area contributed by atoms with Crippen LogP contribution in [0.2, 0.25) is 0 Å². The van der Waals surface area contributed by atoms with Gasteiger partial charge in [-0.1, -0.05) is 117 Å². The Hall–Kier alpha value is -9.88. The quantitative estimate of drug-likeness (QED) is 0.0484. The third kappa shape index (κ3) is 20.1. The summed E-state index contributed by atoms with van der Waals surface area (Å²) in [4.78, 5) is 144. The number of para-hydroxylation sites is 1. The van der Waals surface area contributed by atoms with Crippen LogP contribution in [0.15, 0.2) is 128 Å². The van der Waals surface area contributed by atoms with Crippen LogP contribution < -0.4 is 59.3 Å². The van der Waals surface area contributed by atoms with Crippen molar-refractivity contribution in [3.8, 4) is 5.75 Å². The first-order valence-electron chi connectivity index (χ1n) is 30.0. The number of alkyl carbamates (subject to hydrolysis) is 1. The molecule has 0 spiro atoms. The molecule has 0 bridgehead atoms. The molecule has 0 aliphatic carbocycles. The maximum absolute atomic E-state index is 15.1. The summed E-state index contributed by atoms with van der Waals surface area (Å²) in [5.74, 6) is -8.73. The molecule has 1 saturated heterocycles. The van der Waals surface area contributed by atoms with Crippen molar-refractivity contribution < 1.29 is 62.9 Å². The molecule has 2 heterocycles. The Labute approximate surface area is 520 Å². The molecule has 0 radical (unpaired) electrons. The molecule has 0 unspecified atom stereocenters. The van der Waals surface area contributed by atoms with E-state index >= 15 is 9.59 Å². The van der Waals surface area contributed by atoms with Gasteiger partial charge in [0.2, 0.25) is 53.2 Å². The van der Waals surface area contributed by atoms with Crippen molar-refractivity contribution in [2.75, 3.05) is 13.1 Å². The van der Waals surface area contributed by atoms with Crippen LogP contribution in [-0.4, -0.2) is 142 Å². The number of hydrogen-bond acceptors (Lipinski definition) is 14. The fraction of sp³-hybridized carbons (Fsp3) is 0.385. The van der Waals surface area contributed by atoms with Gasteiger partial charge in [-0.3, -0.25) is 43.2 Å². The minimum Gasteiger partial charge on any atom is -0.508 e. The number of primary amides is 1. The summed E-state index contributed by atoms with van der Waals surface area (Å²) in [7, 11) is 0. The summed E-state index contributed by atoms with van der Waals surface area (Å²) >= 11 is 0. The number of carbonyl (C=O) groups is 10. The predicted octanol–water partition coefficient (Wildman–Crippen LogP) is 1.69. The van der Waals surface area contributed by atoms with Crippen LogP contribution in [0.3, 0.4) is 0 Å². The van der Waals surface area contributed by atoms with E-state index in [1.165, 1.54) is 31.2 Å². The van der Waals surface area contributed by atoms with Crippen LogP contribution in [0.5, 0.6) is 5.75 Å². The lowest BCUT2D eigenvalue weighted by atomic mass is 9.99. The van der Waals surface area contributed by atoms with Gasteiger partial charge < -0.3 is 79.3 Å². The number of hydrogen-bond donors (Lipinski definition) is 14. The van der Waals surface area contributed by atoms with Gasteiger partial charge in [0.25, 0.3) is 0 Å². The Morgan fingerprint density at radius 1 is 0.678 bits per heavy atom. The van der Waals surface area contributed by atoms with Crippen LogP contribution >= 0.6 is 0 Å². The van der Waals surface area contributed by atoms with Gasteiger partial charge in [0, 0.05) is 49.5 Å². The van der Waals surface area contributed by atoms with Gasteiger partial charge in [0.15, 0.2) is 0 Å². The fourth-order valence-electron chi connectivity index (χ4n) is 10.3. The van der Waals surface area contributed by atoms with Crippen LogP contribution in [0.25, 0.3) is 21.7 Å². The topological polar surface area (TPSA) is 396 Å². The number of amides is 10. The summed E-state index contributed by atoms with van der Waals surface area (Å²) in [5, 5.41) is 47.2. The van der Waals surface area contributed by atoms with Crippen molar-refractivity contribution in [3.63, 3.8) is 0 Å². The van der Waals surface area contributed by atoms with Crippen molar-refractivity contribution >= 4 is 80.9 Å². The number of benzene rings is 5. The molecule has 0 saturated carbocycles. The number of nitrogens with one attached hydrogen (secondary N) is 10. The van der Waals surface area contributed by atoms with Gasteiger partial charge in [0.1, 0.15) is 54.6 Å². The van der Waals surface area contributed by atoms with E-state index in [4.69, 9.17) is 16.2 Å². The van der Waals surface area contributed by atoms with Gasteiger partial charge in [-0.2, -0.15) is 0 Å². The number of unbranched alkanes of at least 4 members (excludes halogenated alkanes) is 1. The lowest BCUT2D eigenvalue weighted by molar-refractivity contribution is -0.136. The number of carbonyl (C=O) groups excluding carboxylic acids is 10. The number of aromatic hydroxyl groups is 1. The number of aromatic nitrogens is 1.